The number of nitrogens with one attached hydrogen (secondary N) is 1. The van der Waals surface area contributed by atoms with Gasteiger partial charge in [-0.15, -0.1) is 11.8 Å². The SMILES string of the molecule is CC1(C)SC2C(NC(c3ccccc3)(c3ccccc3)c3ccccc3)C(=O)N2C1C(=O)O. The van der Waals surface area contributed by atoms with Crippen LogP contribution in [0.2, 0.25) is 0 Å². The maximum absolute atomic E-state index is 13.4. The molecule has 0 radical (unpaired) electrons. The normalized spacial score (nSPS) is 23.6. The monoisotopic (exact) mass is 458 g/mol. The summed E-state index contributed by atoms with van der Waals surface area (Å²) in [5.74, 6) is -1.13. The Morgan fingerprint density at radius 3 is 1.70 bits per heavy atom. The zero-order valence-corrected chi connectivity index (χ0v) is 19.3. The molecule has 168 valence electrons. The average Bonchev–Trinajstić information content (AvgIpc) is 3.09. The first-order valence-electron chi connectivity index (χ1n) is 11.0. The van der Waals surface area contributed by atoms with Gasteiger partial charge in [0.15, 0.2) is 0 Å². The van der Waals surface area contributed by atoms with Crippen LogP contribution < -0.4 is 5.32 Å². The van der Waals surface area contributed by atoms with Crippen LogP contribution in [0, 0.1) is 0 Å². The van der Waals surface area contributed by atoms with Gasteiger partial charge in [-0.1, -0.05) is 91.0 Å². The molecule has 3 aromatic rings. The molecule has 2 aliphatic rings. The number of aliphatic carboxylic acids is 1. The largest absolute Gasteiger partial charge is 0.480 e. The first kappa shape index (κ1) is 21.7. The third-order valence-corrected chi connectivity index (χ3v) is 8.24. The van der Waals surface area contributed by atoms with Crippen molar-refractivity contribution in [1.29, 1.82) is 0 Å². The zero-order valence-electron chi connectivity index (χ0n) is 18.5. The molecule has 2 N–H and O–H groups in total. The summed E-state index contributed by atoms with van der Waals surface area (Å²) in [5.41, 5.74) is 2.28. The van der Waals surface area contributed by atoms with E-state index >= 15 is 0 Å². The molecule has 3 unspecified atom stereocenters. The number of amides is 1. The predicted molar refractivity (Wildman–Crippen MR) is 130 cm³/mol. The number of carboxylic acid groups (broad SMARTS) is 1. The van der Waals surface area contributed by atoms with Crippen molar-refractivity contribution >= 4 is 23.6 Å². The topological polar surface area (TPSA) is 69.6 Å². The van der Waals surface area contributed by atoms with Crippen molar-refractivity contribution in [1.82, 2.24) is 10.2 Å². The Labute approximate surface area is 197 Å². The zero-order chi connectivity index (χ0) is 23.2. The Balaban J connectivity index is 1.64. The number of carboxylic acids is 1. The van der Waals surface area contributed by atoms with Gasteiger partial charge < -0.3 is 10.0 Å². The molecule has 0 bridgehead atoms. The van der Waals surface area contributed by atoms with Crippen LogP contribution in [0.25, 0.3) is 0 Å². The molecular weight excluding hydrogens is 432 g/mol. The molecule has 0 aliphatic carbocycles. The molecular formula is C27H26N2O3S. The highest BCUT2D eigenvalue weighted by molar-refractivity contribution is 8.01. The van der Waals surface area contributed by atoms with E-state index in [1.165, 1.54) is 4.90 Å². The number of nitrogens with zero attached hydrogens (tertiary/aromatic N) is 1. The highest BCUT2D eigenvalue weighted by Crippen LogP contribution is 2.52. The second kappa shape index (κ2) is 8.04. The van der Waals surface area contributed by atoms with E-state index in [0.717, 1.165) is 16.7 Å². The molecule has 5 rings (SSSR count). The number of benzene rings is 3. The molecule has 5 nitrogen and oxygen atoms in total. The van der Waals surface area contributed by atoms with Crippen LogP contribution >= 0.6 is 11.8 Å². The van der Waals surface area contributed by atoms with E-state index < -0.39 is 28.3 Å². The summed E-state index contributed by atoms with van der Waals surface area (Å²) in [6.07, 6.45) is 0. The van der Waals surface area contributed by atoms with E-state index in [2.05, 4.69) is 41.7 Å². The van der Waals surface area contributed by atoms with Gasteiger partial charge in [0.25, 0.3) is 0 Å². The van der Waals surface area contributed by atoms with Crippen LogP contribution in [0.4, 0.5) is 0 Å². The molecule has 2 aliphatic heterocycles. The molecule has 0 saturated carbocycles. The number of carbonyl (C=O) groups excluding carboxylic acids is 1. The fourth-order valence-corrected chi connectivity index (χ4v) is 6.82. The van der Waals surface area contributed by atoms with E-state index in [4.69, 9.17) is 0 Å². The molecule has 0 aromatic heterocycles. The number of fused-ring (bicyclic) bond motifs is 1. The van der Waals surface area contributed by atoms with Crippen molar-refractivity contribution in [2.75, 3.05) is 0 Å². The summed E-state index contributed by atoms with van der Waals surface area (Å²) < 4.78 is -0.572. The van der Waals surface area contributed by atoms with Gasteiger partial charge in [-0.25, -0.2) is 4.79 Å². The summed E-state index contributed by atoms with van der Waals surface area (Å²) in [5, 5.41) is 13.3. The van der Waals surface area contributed by atoms with E-state index in [9.17, 15) is 14.7 Å². The number of hydrogen-bond acceptors (Lipinski definition) is 4. The summed E-state index contributed by atoms with van der Waals surface area (Å²) in [4.78, 5) is 26.9. The number of β-lactam (4-membered cyclic amide) rings is 1. The van der Waals surface area contributed by atoms with Gasteiger partial charge in [-0.3, -0.25) is 10.1 Å². The molecule has 3 atom stereocenters. The summed E-state index contributed by atoms with van der Waals surface area (Å²) in [6, 6.07) is 29.0. The molecule has 3 aromatic carbocycles. The van der Waals surface area contributed by atoms with Gasteiger partial charge in [-0.2, -0.15) is 0 Å². The lowest BCUT2D eigenvalue weighted by Crippen LogP contribution is -2.72. The highest BCUT2D eigenvalue weighted by Gasteiger charge is 2.65. The van der Waals surface area contributed by atoms with Crippen LogP contribution in [0.1, 0.15) is 30.5 Å². The van der Waals surface area contributed by atoms with E-state index in [-0.39, 0.29) is 11.3 Å². The predicted octanol–water partition coefficient (Wildman–Crippen LogP) is 4.08. The standard InChI is InChI=1S/C27H26N2O3S/c1-26(2)22(25(31)32)29-23(30)21(24(29)33-26)28-27(18-12-6-3-7-13-18,19-14-8-4-9-15-19)20-16-10-5-11-17-20/h3-17,21-22,24,28H,1-2H3,(H,31,32). The minimum absolute atomic E-state index is 0.169. The van der Waals surface area contributed by atoms with Crippen LogP contribution in [-0.2, 0) is 15.1 Å². The molecule has 1 amide bonds. The second-order valence-electron chi connectivity index (χ2n) is 9.07. The van der Waals surface area contributed by atoms with Crippen LogP contribution in [-0.4, -0.2) is 44.1 Å². The number of rotatable bonds is 6. The quantitative estimate of drug-likeness (QED) is 0.430. The Bertz CT molecular complexity index is 1070. The summed E-state index contributed by atoms with van der Waals surface area (Å²) in [6.45, 7) is 3.80. The molecule has 2 saturated heterocycles. The number of thioether (sulfide) groups is 1. The lowest BCUT2D eigenvalue weighted by atomic mass is 9.76. The number of carbonyl (C=O) groups is 2. The van der Waals surface area contributed by atoms with E-state index in [0.29, 0.717) is 0 Å². The van der Waals surface area contributed by atoms with Gasteiger partial charge in [-0.05, 0) is 30.5 Å². The third-order valence-electron chi connectivity index (χ3n) is 6.67. The van der Waals surface area contributed by atoms with Crippen molar-refractivity contribution in [3.05, 3.63) is 108 Å². The molecule has 33 heavy (non-hydrogen) atoms. The molecule has 2 fully saturated rings. The van der Waals surface area contributed by atoms with Gasteiger partial charge in [0.1, 0.15) is 17.5 Å². The second-order valence-corrected chi connectivity index (χ2v) is 10.8. The molecule has 0 spiro atoms. The Morgan fingerprint density at radius 2 is 1.30 bits per heavy atom. The van der Waals surface area contributed by atoms with E-state index in [1.807, 2.05) is 68.4 Å². The lowest BCUT2D eigenvalue weighted by molar-refractivity contribution is -0.160. The fraction of sp³-hybridized carbons (Fsp3) is 0.259. The van der Waals surface area contributed by atoms with Crippen LogP contribution in [0.15, 0.2) is 91.0 Å². The maximum Gasteiger partial charge on any atom is 0.327 e. The van der Waals surface area contributed by atoms with Gasteiger partial charge in [0.2, 0.25) is 5.91 Å². The maximum atomic E-state index is 13.4. The minimum Gasteiger partial charge on any atom is -0.480 e. The summed E-state index contributed by atoms with van der Waals surface area (Å²) >= 11 is 1.55. The fourth-order valence-electron chi connectivity index (χ4n) is 5.19. The Morgan fingerprint density at radius 1 is 0.879 bits per heavy atom. The van der Waals surface area contributed by atoms with Crippen LogP contribution in [0.3, 0.4) is 0 Å². The first-order chi connectivity index (χ1) is 15.9. The average molecular weight is 459 g/mol. The van der Waals surface area contributed by atoms with Crippen molar-refractivity contribution in [3.63, 3.8) is 0 Å². The van der Waals surface area contributed by atoms with Gasteiger partial charge in [0.05, 0.1) is 5.54 Å². The Kier molecular flexibility index (Phi) is 5.30. The van der Waals surface area contributed by atoms with Crippen molar-refractivity contribution in [3.8, 4) is 0 Å². The summed E-state index contributed by atoms with van der Waals surface area (Å²) in [7, 11) is 0. The van der Waals surface area contributed by atoms with Gasteiger partial charge in [0, 0.05) is 4.75 Å². The van der Waals surface area contributed by atoms with Crippen molar-refractivity contribution in [2.24, 2.45) is 0 Å². The molecule has 2 heterocycles. The van der Waals surface area contributed by atoms with Crippen molar-refractivity contribution in [2.45, 2.75) is 41.6 Å². The van der Waals surface area contributed by atoms with Crippen molar-refractivity contribution < 1.29 is 14.7 Å². The Hall–Kier alpha value is -3.09. The highest BCUT2D eigenvalue weighted by atomic mass is 32.2. The van der Waals surface area contributed by atoms with Gasteiger partial charge >= 0.3 is 5.97 Å². The smallest absolute Gasteiger partial charge is 0.327 e. The minimum atomic E-state index is -0.956. The van der Waals surface area contributed by atoms with Crippen LogP contribution in [0.5, 0.6) is 0 Å². The number of hydrogen-bond donors (Lipinski definition) is 2. The van der Waals surface area contributed by atoms with E-state index in [1.54, 1.807) is 11.8 Å². The lowest BCUT2D eigenvalue weighted by Gasteiger charge is -2.49. The molecule has 6 heteroatoms. The third kappa shape index (κ3) is 3.36. The first-order valence-corrected chi connectivity index (χ1v) is 11.9.